The topological polar surface area (TPSA) is 59.0 Å². The minimum absolute atomic E-state index is 0.183. The molecule has 0 bridgehead atoms. The Kier molecular flexibility index (Phi) is 6.84. The quantitative estimate of drug-likeness (QED) is 0.477. The SMILES string of the molecule is CCN(CC)S(=O)(=O)c1scc(N=C(c2ccccc2)c2ccccc2)c1OC. The van der Waals surface area contributed by atoms with E-state index in [0.29, 0.717) is 18.8 Å². The summed E-state index contributed by atoms with van der Waals surface area (Å²) in [5.74, 6) is 0.284. The van der Waals surface area contributed by atoms with Crippen LogP contribution in [0.15, 0.2) is 75.2 Å². The minimum Gasteiger partial charge on any atom is -0.492 e. The molecule has 0 N–H and O–H groups in total. The third-order valence-corrected chi connectivity index (χ3v) is 8.02. The molecule has 1 heterocycles. The Balaban J connectivity index is 2.16. The van der Waals surface area contributed by atoms with Gasteiger partial charge in [0.05, 0.1) is 12.8 Å². The lowest BCUT2D eigenvalue weighted by Gasteiger charge is -2.18. The molecule has 3 aromatic rings. The van der Waals surface area contributed by atoms with E-state index in [9.17, 15) is 8.42 Å². The maximum Gasteiger partial charge on any atom is 0.256 e. The molecule has 0 radical (unpaired) electrons. The Hall–Kier alpha value is -2.48. The highest BCUT2D eigenvalue weighted by Crippen LogP contribution is 2.42. The molecule has 1 aromatic heterocycles. The Morgan fingerprint density at radius 1 is 0.966 bits per heavy atom. The van der Waals surface area contributed by atoms with Gasteiger partial charge in [-0.05, 0) is 0 Å². The van der Waals surface area contributed by atoms with Crippen LogP contribution < -0.4 is 4.74 Å². The fraction of sp³-hybridized carbons (Fsp3) is 0.227. The lowest BCUT2D eigenvalue weighted by molar-refractivity contribution is 0.401. The van der Waals surface area contributed by atoms with Crippen molar-refractivity contribution in [2.75, 3.05) is 20.2 Å². The third-order valence-electron chi connectivity index (χ3n) is 4.51. The van der Waals surface area contributed by atoms with Crippen molar-refractivity contribution in [1.29, 1.82) is 0 Å². The van der Waals surface area contributed by atoms with E-state index in [1.54, 1.807) is 5.38 Å². The van der Waals surface area contributed by atoms with Gasteiger partial charge in [-0.2, -0.15) is 4.31 Å². The van der Waals surface area contributed by atoms with Gasteiger partial charge in [0.1, 0.15) is 5.69 Å². The summed E-state index contributed by atoms with van der Waals surface area (Å²) < 4.78 is 33.2. The van der Waals surface area contributed by atoms with Crippen molar-refractivity contribution < 1.29 is 13.2 Å². The maximum absolute atomic E-state index is 13.0. The van der Waals surface area contributed by atoms with Crippen LogP contribution in [0.1, 0.15) is 25.0 Å². The second-order valence-corrected chi connectivity index (χ2v) is 9.24. The summed E-state index contributed by atoms with van der Waals surface area (Å²) in [6.07, 6.45) is 0. The molecule has 0 saturated heterocycles. The third kappa shape index (κ3) is 4.42. The van der Waals surface area contributed by atoms with E-state index in [1.165, 1.54) is 11.4 Å². The van der Waals surface area contributed by atoms with Crippen LogP contribution in [0, 0.1) is 0 Å². The average molecular weight is 429 g/mol. The molecule has 3 rings (SSSR count). The average Bonchev–Trinajstić information content (AvgIpc) is 3.17. The smallest absolute Gasteiger partial charge is 0.256 e. The van der Waals surface area contributed by atoms with Gasteiger partial charge in [0.2, 0.25) is 0 Å². The first-order chi connectivity index (χ1) is 14.0. The number of hydrogen-bond acceptors (Lipinski definition) is 5. The molecule has 0 amide bonds. The van der Waals surface area contributed by atoms with Gasteiger partial charge in [0, 0.05) is 29.6 Å². The van der Waals surface area contributed by atoms with Gasteiger partial charge in [-0.25, -0.2) is 13.4 Å². The van der Waals surface area contributed by atoms with Gasteiger partial charge in [0.15, 0.2) is 9.96 Å². The second-order valence-electron chi connectivity index (χ2n) is 6.22. The number of benzene rings is 2. The van der Waals surface area contributed by atoms with Crippen LogP contribution in [0.5, 0.6) is 5.75 Å². The number of ether oxygens (including phenoxy) is 1. The highest BCUT2D eigenvalue weighted by atomic mass is 32.2. The van der Waals surface area contributed by atoms with Crippen LogP contribution in [0.3, 0.4) is 0 Å². The van der Waals surface area contributed by atoms with Crippen LogP contribution in [-0.4, -0.2) is 38.6 Å². The van der Waals surface area contributed by atoms with Gasteiger partial charge in [-0.3, -0.25) is 0 Å². The van der Waals surface area contributed by atoms with Crippen LogP contribution in [0.2, 0.25) is 0 Å². The molecule has 0 atom stereocenters. The van der Waals surface area contributed by atoms with Gasteiger partial charge in [-0.1, -0.05) is 74.5 Å². The fourth-order valence-electron chi connectivity index (χ4n) is 3.05. The van der Waals surface area contributed by atoms with Crippen molar-refractivity contribution in [3.8, 4) is 5.75 Å². The van der Waals surface area contributed by atoms with Crippen LogP contribution in [0.25, 0.3) is 0 Å². The summed E-state index contributed by atoms with van der Waals surface area (Å²) in [6.45, 7) is 4.45. The standard InChI is InChI=1S/C22H24N2O3S2/c1-4-24(5-2)29(25,26)22-21(27-3)19(16-28-22)23-20(17-12-8-6-9-13-17)18-14-10-7-11-15-18/h6-16H,4-5H2,1-3H3. The van der Waals surface area contributed by atoms with Gasteiger partial charge in [-0.15, -0.1) is 11.3 Å². The van der Waals surface area contributed by atoms with Crippen molar-refractivity contribution >= 4 is 32.8 Å². The van der Waals surface area contributed by atoms with E-state index < -0.39 is 10.0 Å². The lowest BCUT2D eigenvalue weighted by atomic mass is 10.0. The predicted molar refractivity (Wildman–Crippen MR) is 119 cm³/mol. The molecule has 2 aromatic carbocycles. The van der Waals surface area contributed by atoms with E-state index in [1.807, 2.05) is 74.5 Å². The summed E-state index contributed by atoms with van der Waals surface area (Å²) in [5, 5.41) is 1.74. The van der Waals surface area contributed by atoms with Crippen LogP contribution in [-0.2, 0) is 10.0 Å². The van der Waals surface area contributed by atoms with Crippen molar-refractivity contribution in [1.82, 2.24) is 4.31 Å². The summed E-state index contributed by atoms with van der Waals surface area (Å²) in [4.78, 5) is 4.83. The van der Waals surface area contributed by atoms with E-state index >= 15 is 0 Å². The molecular weight excluding hydrogens is 404 g/mol. The molecule has 0 aliphatic carbocycles. The molecule has 0 aliphatic rings. The van der Waals surface area contributed by atoms with E-state index in [0.717, 1.165) is 28.2 Å². The highest BCUT2D eigenvalue weighted by molar-refractivity contribution is 7.91. The summed E-state index contributed by atoms with van der Waals surface area (Å²) in [6, 6.07) is 19.7. The largest absolute Gasteiger partial charge is 0.492 e. The van der Waals surface area contributed by atoms with Crippen molar-refractivity contribution in [2.24, 2.45) is 4.99 Å². The second kappa shape index (κ2) is 9.35. The minimum atomic E-state index is -3.63. The molecule has 29 heavy (non-hydrogen) atoms. The first-order valence-corrected chi connectivity index (χ1v) is 11.7. The molecule has 0 saturated carbocycles. The Morgan fingerprint density at radius 2 is 1.48 bits per heavy atom. The fourth-order valence-corrected chi connectivity index (χ4v) is 6.01. The Labute approximate surface area is 176 Å². The lowest BCUT2D eigenvalue weighted by Crippen LogP contribution is -2.30. The number of sulfonamides is 1. The summed E-state index contributed by atoms with van der Waals surface area (Å²) in [5.41, 5.74) is 3.15. The van der Waals surface area contributed by atoms with E-state index in [-0.39, 0.29) is 9.96 Å². The van der Waals surface area contributed by atoms with Gasteiger partial charge < -0.3 is 4.74 Å². The Morgan fingerprint density at radius 3 is 1.93 bits per heavy atom. The molecule has 5 nitrogen and oxygen atoms in total. The first kappa shape index (κ1) is 21.2. The first-order valence-electron chi connectivity index (χ1n) is 9.38. The molecule has 0 aliphatic heterocycles. The summed E-state index contributed by atoms with van der Waals surface area (Å²) >= 11 is 1.14. The van der Waals surface area contributed by atoms with Gasteiger partial charge >= 0.3 is 0 Å². The number of aliphatic imine (C=N–C) groups is 1. The molecular formula is C22H24N2O3S2. The zero-order valence-corrected chi connectivity index (χ0v) is 18.3. The molecule has 152 valence electrons. The zero-order chi connectivity index (χ0) is 20.9. The number of rotatable bonds is 8. The maximum atomic E-state index is 13.0. The van der Waals surface area contributed by atoms with E-state index in [2.05, 4.69) is 0 Å². The molecule has 0 fully saturated rings. The molecule has 0 spiro atoms. The molecule has 0 unspecified atom stereocenters. The van der Waals surface area contributed by atoms with E-state index in [4.69, 9.17) is 9.73 Å². The van der Waals surface area contributed by atoms with Crippen molar-refractivity contribution in [2.45, 2.75) is 18.1 Å². The number of thiophene rings is 1. The normalized spacial score (nSPS) is 11.4. The predicted octanol–water partition coefficient (Wildman–Crippen LogP) is 4.96. The monoisotopic (exact) mass is 428 g/mol. The zero-order valence-electron chi connectivity index (χ0n) is 16.7. The number of hydrogen-bond donors (Lipinski definition) is 0. The van der Waals surface area contributed by atoms with Crippen molar-refractivity contribution in [3.63, 3.8) is 0 Å². The molecule has 7 heteroatoms. The number of nitrogens with zero attached hydrogens (tertiary/aromatic N) is 2. The van der Waals surface area contributed by atoms with Gasteiger partial charge in [0.25, 0.3) is 10.0 Å². The van der Waals surface area contributed by atoms with Crippen LogP contribution in [0.4, 0.5) is 5.69 Å². The van der Waals surface area contributed by atoms with Crippen molar-refractivity contribution in [3.05, 3.63) is 77.2 Å². The summed E-state index contributed by atoms with van der Waals surface area (Å²) in [7, 11) is -2.15. The Bertz CT molecular complexity index is 1030. The highest BCUT2D eigenvalue weighted by Gasteiger charge is 2.29. The van der Waals surface area contributed by atoms with Crippen LogP contribution >= 0.6 is 11.3 Å². The number of methoxy groups -OCH3 is 1.